The lowest BCUT2D eigenvalue weighted by atomic mass is 10.1. The molecule has 1 amide bonds. The highest BCUT2D eigenvalue weighted by Crippen LogP contribution is 2.39. The molecule has 3 aromatic rings. The zero-order valence-corrected chi connectivity index (χ0v) is 18.2. The van der Waals surface area contributed by atoms with Gasteiger partial charge in [-0.1, -0.05) is 48.2 Å². The van der Waals surface area contributed by atoms with E-state index in [1.165, 1.54) is 12.1 Å². The number of anilines is 1. The monoisotopic (exact) mass is 458 g/mol. The first kappa shape index (κ1) is 21.4. The van der Waals surface area contributed by atoms with Crippen molar-refractivity contribution in [2.45, 2.75) is 20.0 Å². The Hall–Kier alpha value is -2.84. The molecule has 1 aliphatic rings. The summed E-state index contributed by atoms with van der Waals surface area (Å²) in [6, 6.07) is 16.4. The van der Waals surface area contributed by atoms with Crippen molar-refractivity contribution in [1.29, 1.82) is 0 Å². The van der Waals surface area contributed by atoms with Gasteiger partial charge >= 0.3 is 6.18 Å². The van der Waals surface area contributed by atoms with E-state index in [1.54, 1.807) is 6.08 Å². The minimum Gasteiger partial charge on any atom is -0.318 e. The summed E-state index contributed by atoms with van der Waals surface area (Å²) < 4.78 is 41.5. The maximum absolute atomic E-state index is 13.1. The molecule has 0 atom stereocenters. The molecule has 3 nitrogen and oxygen atoms in total. The molecule has 2 aromatic carbocycles. The Kier molecular flexibility index (Phi) is 5.53. The van der Waals surface area contributed by atoms with Crippen LogP contribution in [0.5, 0.6) is 0 Å². The zero-order valence-electron chi connectivity index (χ0n) is 16.6. The lowest BCUT2D eigenvalue weighted by molar-refractivity contribution is -0.137. The summed E-state index contributed by atoms with van der Waals surface area (Å²) in [5.74, 6) is -0.432. The normalized spacial score (nSPS) is 15.9. The molecule has 158 valence electrons. The lowest BCUT2D eigenvalue weighted by Crippen LogP contribution is -2.27. The summed E-state index contributed by atoms with van der Waals surface area (Å²) in [5.41, 5.74) is 3.10. The van der Waals surface area contributed by atoms with Crippen LogP contribution in [0, 0.1) is 13.8 Å². The molecule has 31 heavy (non-hydrogen) atoms. The molecule has 0 unspecified atom stereocenters. The maximum atomic E-state index is 13.1. The second-order valence-corrected chi connectivity index (χ2v) is 8.74. The predicted molar refractivity (Wildman–Crippen MR) is 122 cm³/mol. The number of nitrogens with zero attached hydrogens (tertiary/aromatic N) is 2. The van der Waals surface area contributed by atoms with Crippen LogP contribution in [0.1, 0.15) is 22.5 Å². The van der Waals surface area contributed by atoms with Crippen molar-refractivity contribution in [2.75, 3.05) is 4.90 Å². The number of hydrogen-bond acceptors (Lipinski definition) is 3. The number of thioether (sulfide) groups is 1. The molecular weight excluding hydrogens is 441 g/mol. The van der Waals surface area contributed by atoms with E-state index in [-0.39, 0.29) is 10.0 Å². The van der Waals surface area contributed by atoms with Gasteiger partial charge in [-0.15, -0.1) is 0 Å². The number of hydrogen-bond donors (Lipinski definition) is 0. The second kappa shape index (κ2) is 8.01. The molecule has 0 saturated carbocycles. The third kappa shape index (κ3) is 4.05. The van der Waals surface area contributed by atoms with Crippen molar-refractivity contribution in [2.24, 2.45) is 0 Å². The van der Waals surface area contributed by atoms with Crippen LogP contribution in [0.3, 0.4) is 0 Å². The minimum absolute atomic E-state index is 0.107. The Morgan fingerprint density at radius 3 is 2.32 bits per heavy atom. The molecule has 8 heteroatoms. The van der Waals surface area contributed by atoms with Crippen molar-refractivity contribution in [1.82, 2.24) is 4.57 Å². The summed E-state index contributed by atoms with van der Waals surface area (Å²) >= 11 is 6.39. The molecular formula is C23H17F3N2OS2. The highest BCUT2D eigenvalue weighted by molar-refractivity contribution is 8.27. The summed E-state index contributed by atoms with van der Waals surface area (Å²) in [4.78, 5) is 14.5. The Morgan fingerprint density at radius 2 is 1.65 bits per heavy atom. The van der Waals surface area contributed by atoms with E-state index >= 15 is 0 Å². The number of para-hydroxylation sites is 1. The molecule has 1 aromatic heterocycles. The van der Waals surface area contributed by atoms with E-state index in [9.17, 15) is 18.0 Å². The van der Waals surface area contributed by atoms with Gasteiger partial charge in [0.15, 0.2) is 4.32 Å². The molecule has 0 N–H and O–H groups in total. The summed E-state index contributed by atoms with van der Waals surface area (Å²) in [5, 5.41) is 0. The molecule has 1 fully saturated rings. The van der Waals surface area contributed by atoms with E-state index < -0.39 is 17.6 Å². The van der Waals surface area contributed by atoms with Gasteiger partial charge in [0.05, 0.1) is 16.2 Å². The van der Waals surface area contributed by atoms with Gasteiger partial charge in [-0.2, -0.15) is 13.2 Å². The first-order valence-corrected chi connectivity index (χ1v) is 10.6. The molecule has 1 saturated heterocycles. The number of alkyl halides is 3. The fourth-order valence-electron chi connectivity index (χ4n) is 3.56. The fourth-order valence-corrected chi connectivity index (χ4v) is 4.85. The van der Waals surface area contributed by atoms with Crippen LogP contribution in [0.2, 0.25) is 0 Å². The molecule has 2 heterocycles. The SMILES string of the molecule is Cc1cc(/C=C2/SC(=S)N(c3cccc(C(F)(F)F)c3)C2=O)c(C)n1-c1ccccc1. The first-order valence-electron chi connectivity index (χ1n) is 9.36. The predicted octanol–water partition coefficient (Wildman–Crippen LogP) is 6.52. The topological polar surface area (TPSA) is 25.2 Å². The summed E-state index contributed by atoms with van der Waals surface area (Å²) in [6.07, 6.45) is -2.75. The lowest BCUT2D eigenvalue weighted by Gasteiger charge is -2.16. The number of aromatic nitrogens is 1. The van der Waals surface area contributed by atoms with Crippen LogP contribution >= 0.6 is 24.0 Å². The first-order chi connectivity index (χ1) is 14.7. The van der Waals surface area contributed by atoms with E-state index in [0.29, 0.717) is 4.91 Å². The van der Waals surface area contributed by atoms with Gasteiger partial charge in [0.1, 0.15) is 0 Å². The number of aryl methyl sites for hydroxylation is 1. The van der Waals surface area contributed by atoms with Gasteiger partial charge < -0.3 is 4.57 Å². The average molecular weight is 459 g/mol. The van der Waals surface area contributed by atoms with Crippen molar-refractivity contribution < 1.29 is 18.0 Å². The van der Waals surface area contributed by atoms with Crippen LogP contribution < -0.4 is 4.90 Å². The van der Waals surface area contributed by atoms with Gasteiger partial charge in [0.25, 0.3) is 5.91 Å². The van der Waals surface area contributed by atoms with E-state index in [1.807, 2.05) is 50.2 Å². The number of carbonyl (C=O) groups excluding carboxylic acids is 1. The third-order valence-electron chi connectivity index (χ3n) is 5.00. The van der Waals surface area contributed by atoms with E-state index in [0.717, 1.165) is 51.4 Å². The summed E-state index contributed by atoms with van der Waals surface area (Å²) in [6.45, 7) is 3.94. The van der Waals surface area contributed by atoms with Crippen LogP contribution in [-0.4, -0.2) is 14.8 Å². The molecule has 0 radical (unpaired) electrons. The van der Waals surface area contributed by atoms with Crippen LogP contribution in [0.15, 0.2) is 65.6 Å². The highest BCUT2D eigenvalue weighted by Gasteiger charge is 2.36. The third-order valence-corrected chi connectivity index (χ3v) is 6.30. The molecule has 1 aliphatic heterocycles. The molecule has 0 spiro atoms. The molecule has 0 bridgehead atoms. The van der Waals surface area contributed by atoms with Crippen LogP contribution in [0.4, 0.5) is 18.9 Å². The van der Waals surface area contributed by atoms with Crippen molar-refractivity contribution in [3.8, 4) is 5.69 Å². The van der Waals surface area contributed by atoms with Crippen molar-refractivity contribution in [3.05, 3.63) is 88.1 Å². The number of amides is 1. The smallest absolute Gasteiger partial charge is 0.318 e. The number of thiocarbonyl (C=S) groups is 1. The molecule has 4 rings (SSSR count). The fraction of sp³-hybridized carbons (Fsp3) is 0.130. The Labute approximate surface area is 187 Å². The highest BCUT2D eigenvalue weighted by atomic mass is 32.2. The van der Waals surface area contributed by atoms with Crippen LogP contribution in [0.25, 0.3) is 11.8 Å². The Balaban J connectivity index is 1.69. The van der Waals surface area contributed by atoms with Gasteiger partial charge in [0, 0.05) is 17.1 Å². The van der Waals surface area contributed by atoms with Crippen molar-refractivity contribution >= 4 is 46.0 Å². The number of carbonyl (C=O) groups is 1. The average Bonchev–Trinajstić information content (AvgIpc) is 3.16. The van der Waals surface area contributed by atoms with Crippen LogP contribution in [-0.2, 0) is 11.0 Å². The van der Waals surface area contributed by atoms with E-state index in [4.69, 9.17) is 12.2 Å². The largest absolute Gasteiger partial charge is 0.416 e. The van der Waals surface area contributed by atoms with Gasteiger partial charge in [-0.25, -0.2) is 0 Å². The van der Waals surface area contributed by atoms with Gasteiger partial charge in [-0.05, 0) is 61.9 Å². The Morgan fingerprint density at radius 1 is 0.968 bits per heavy atom. The number of halogens is 3. The number of rotatable bonds is 3. The number of benzene rings is 2. The quantitative estimate of drug-likeness (QED) is 0.330. The zero-order chi connectivity index (χ0) is 22.3. The molecule has 0 aliphatic carbocycles. The minimum atomic E-state index is -4.50. The summed E-state index contributed by atoms with van der Waals surface area (Å²) in [7, 11) is 0. The van der Waals surface area contributed by atoms with Crippen molar-refractivity contribution in [3.63, 3.8) is 0 Å². The van der Waals surface area contributed by atoms with Gasteiger partial charge in [-0.3, -0.25) is 9.69 Å². The second-order valence-electron chi connectivity index (χ2n) is 7.06. The van der Waals surface area contributed by atoms with Gasteiger partial charge in [0.2, 0.25) is 0 Å². The Bertz CT molecular complexity index is 1210. The van der Waals surface area contributed by atoms with E-state index in [2.05, 4.69) is 4.57 Å². The maximum Gasteiger partial charge on any atom is 0.416 e. The standard InChI is InChI=1S/C23H17F3N2OS2/c1-14-11-16(15(2)27(14)18-8-4-3-5-9-18)12-20-21(29)28(22(30)31-20)19-10-6-7-17(13-19)23(24,25)26/h3-13H,1-2H3/b20-12+.